The predicted molar refractivity (Wildman–Crippen MR) is 151 cm³/mol. The summed E-state index contributed by atoms with van der Waals surface area (Å²) in [5, 5.41) is 0. The smallest absolute Gasteiger partial charge is 0.200 e. The molecule has 0 fully saturated rings. The quantitative estimate of drug-likeness (QED) is 0.0902. The van der Waals surface area contributed by atoms with Gasteiger partial charge in [-0.25, -0.2) is 22.0 Å². The van der Waals surface area contributed by atoms with Crippen molar-refractivity contribution in [3.05, 3.63) is 118 Å². The number of hydrogen-bond donors (Lipinski definition) is 0. The molecule has 7 heteroatoms. The highest BCUT2D eigenvalue weighted by atomic mass is 32.1. The Kier molecular flexibility index (Phi) is 7.21. The summed E-state index contributed by atoms with van der Waals surface area (Å²) in [6, 6.07) is 21.5. The van der Waals surface area contributed by atoms with Gasteiger partial charge in [-0.1, -0.05) is 76.6 Å². The molecule has 1 heterocycles. The van der Waals surface area contributed by atoms with Crippen molar-refractivity contribution >= 4 is 29.5 Å². The largest absolute Gasteiger partial charge is 0.203 e. The third-order valence-electron chi connectivity index (χ3n) is 7.32. The van der Waals surface area contributed by atoms with Crippen LogP contribution in [0.5, 0.6) is 0 Å². The Morgan fingerprint density at radius 2 is 0.949 bits per heavy atom. The maximum absolute atomic E-state index is 14.4. The number of rotatable bonds is 5. The van der Waals surface area contributed by atoms with Crippen molar-refractivity contribution in [2.24, 2.45) is 0 Å². The van der Waals surface area contributed by atoms with Gasteiger partial charge in [0.05, 0.1) is 5.56 Å². The van der Waals surface area contributed by atoms with Crippen LogP contribution in [0.15, 0.2) is 66.7 Å². The van der Waals surface area contributed by atoms with Crippen LogP contribution in [0.1, 0.15) is 22.3 Å². The molecular weight excluding hydrogens is 522 g/mol. The lowest BCUT2D eigenvalue weighted by atomic mass is 9.59. The molecule has 1 radical (unpaired) electrons. The van der Waals surface area contributed by atoms with Gasteiger partial charge in [-0.05, 0) is 67.6 Å². The molecule has 0 bridgehead atoms. The van der Waals surface area contributed by atoms with Crippen LogP contribution in [-0.4, -0.2) is 7.28 Å². The Hall–Kier alpha value is -3.71. The predicted octanol–water partition coefficient (Wildman–Crippen LogP) is 8.33. The van der Waals surface area contributed by atoms with Gasteiger partial charge >= 0.3 is 0 Å². The molecule has 0 unspecified atom stereocenters. The first-order valence-corrected chi connectivity index (χ1v) is 13.1. The third kappa shape index (κ3) is 4.69. The highest BCUT2D eigenvalue weighted by Gasteiger charge is 2.28. The number of benzene rings is 4. The van der Waals surface area contributed by atoms with E-state index in [0.29, 0.717) is 4.88 Å². The van der Waals surface area contributed by atoms with Gasteiger partial charge in [0.1, 0.15) is 0 Å². The molecule has 0 saturated carbocycles. The fraction of sp³-hybridized carbons (Fsp3) is 0.125. The summed E-state index contributed by atoms with van der Waals surface area (Å²) < 4.78 is 70.1. The van der Waals surface area contributed by atoms with E-state index in [2.05, 4.69) is 43.7 Å². The maximum Gasteiger partial charge on any atom is 0.200 e. The second-order valence-electron chi connectivity index (χ2n) is 9.53. The minimum absolute atomic E-state index is 0.0268. The second-order valence-corrected chi connectivity index (χ2v) is 10.6. The minimum Gasteiger partial charge on any atom is -0.203 e. The fourth-order valence-electron chi connectivity index (χ4n) is 4.92. The second kappa shape index (κ2) is 10.5. The van der Waals surface area contributed by atoms with E-state index >= 15 is 0 Å². The molecule has 195 valence electrons. The van der Waals surface area contributed by atoms with Gasteiger partial charge < -0.3 is 0 Å². The topological polar surface area (TPSA) is 0 Å². The Balaban J connectivity index is 1.51. The van der Waals surface area contributed by atoms with Gasteiger partial charge in [0.15, 0.2) is 30.5 Å². The van der Waals surface area contributed by atoms with Crippen molar-refractivity contribution in [2.75, 3.05) is 0 Å². The molecule has 39 heavy (non-hydrogen) atoms. The lowest BCUT2D eigenvalue weighted by Crippen LogP contribution is -2.32. The Labute approximate surface area is 229 Å². The van der Waals surface area contributed by atoms with Crippen LogP contribution in [0.4, 0.5) is 22.0 Å². The molecule has 0 aliphatic heterocycles. The summed E-state index contributed by atoms with van der Waals surface area (Å²) in [6.45, 7) is 8.00. The first-order valence-electron chi connectivity index (χ1n) is 12.3. The van der Waals surface area contributed by atoms with Gasteiger partial charge in [-0.2, -0.15) is 0 Å². The first kappa shape index (κ1) is 26.9. The van der Waals surface area contributed by atoms with Crippen molar-refractivity contribution in [2.45, 2.75) is 27.7 Å². The third-order valence-corrected chi connectivity index (χ3v) is 8.44. The van der Waals surface area contributed by atoms with E-state index in [-0.39, 0.29) is 4.88 Å². The lowest BCUT2D eigenvalue weighted by Gasteiger charge is -2.20. The van der Waals surface area contributed by atoms with Gasteiger partial charge in [-0.15, -0.1) is 11.3 Å². The zero-order valence-corrected chi connectivity index (χ0v) is 22.5. The molecule has 4 aromatic carbocycles. The van der Waals surface area contributed by atoms with Crippen LogP contribution >= 0.6 is 11.3 Å². The molecule has 0 N–H and O–H groups in total. The van der Waals surface area contributed by atoms with E-state index in [9.17, 15) is 22.0 Å². The van der Waals surface area contributed by atoms with Gasteiger partial charge in [0.2, 0.25) is 5.82 Å². The van der Waals surface area contributed by atoms with E-state index in [4.69, 9.17) is 0 Å². The van der Waals surface area contributed by atoms with Crippen LogP contribution in [0.2, 0.25) is 0 Å². The number of halogens is 5. The van der Waals surface area contributed by atoms with Gasteiger partial charge in [0, 0.05) is 9.75 Å². The first-order chi connectivity index (χ1) is 18.6. The SMILES string of the molecule is Cc1c(C)c(-c2ccc(-c3c(F)c(F)c(F)c(F)c3F)s2)c(C)c(C)c1[B]c1ccc(-c2ccccc2)cc1. The molecule has 0 atom stereocenters. The molecule has 5 rings (SSSR count). The number of thiophene rings is 1. The highest BCUT2D eigenvalue weighted by Crippen LogP contribution is 2.41. The Bertz CT molecular complexity index is 1650. The van der Waals surface area contributed by atoms with E-state index in [0.717, 1.165) is 61.2 Å². The average Bonchev–Trinajstić information content (AvgIpc) is 3.42. The van der Waals surface area contributed by atoms with E-state index in [1.807, 2.05) is 45.9 Å². The van der Waals surface area contributed by atoms with Crippen molar-refractivity contribution in [1.82, 2.24) is 0 Å². The summed E-state index contributed by atoms with van der Waals surface area (Å²) in [5.41, 5.74) is 8.46. The summed E-state index contributed by atoms with van der Waals surface area (Å²) in [5.74, 6) is -9.72. The monoisotopic (exact) mass is 545 g/mol. The number of hydrogen-bond acceptors (Lipinski definition) is 1. The van der Waals surface area contributed by atoms with E-state index in [1.165, 1.54) is 6.07 Å². The Morgan fingerprint density at radius 3 is 1.49 bits per heavy atom. The summed E-state index contributed by atoms with van der Waals surface area (Å²) in [4.78, 5) is 0.662. The molecule has 0 saturated heterocycles. The van der Waals surface area contributed by atoms with Gasteiger partial charge in [0.25, 0.3) is 0 Å². The van der Waals surface area contributed by atoms with Crippen molar-refractivity contribution in [3.63, 3.8) is 0 Å². The average molecular weight is 545 g/mol. The highest BCUT2D eigenvalue weighted by molar-refractivity contribution is 7.18. The molecule has 5 aromatic rings. The van der Waals surface area contributed by atoms with Crippen molar-refractivity contribution in [3.8, 4) is 32.0 Å². The molecule has 0 spiro atoms. The van der Waals surface area contributed by atoms with Crippen LogP contribution in [0.25, 0.3) is 32.0 Å². The fourth-order valence-corrected chi connectivity index (χ4v) is 6.12. The Morgan fingerprint density at radius 1 is 0.487 bits per heavy atom. The molecular formula is C32H23BF5S. The lowest BCUT2D eigenvalue weighted by molar-refractivity contribution is 0.381. The normalized spacial score (nSPS) is 11.2. The molecule has 0 aliphatic rings. The zero-order valence-electron chi connectivity index (χ0n) is 21.7. The van der Waals surface area contributed by atoms with Crippen molar-refractivity contribution in [1.29, 1.82) is 0 Å². The molecule has 1 aromatic heterocycles. The van der Waals surface area contributed by atoms with Gasteiger partial charge in [-0.3, -0.25) is 0 Å². The summed E-state index contributed by atoms with van der Waals surface area (Å²) in [6.07, 6.45) is 0. The van der Waals surface area contributed by atoms with Crippen LogP contribution in [0, 0.1) is 56.8 Å². The molecule has 0 amide bonds. The van der Waals surface area contributed by atoms with E-state index in [1.54, 1.807) is 6.07 Å². The molecule has 0 nitrogen and oxygen atoms in total. The maximum atomic E-state index is 14.4. The summed E-state index contributed by atoms with van der Waals surface area (Å²) >= 11 is 1.000. The molecule has 0 aliphatic carbocycles. The zero-order chi connectivity index (χ0) is 28.0. The summed E-state index contributed by atoms with van der Waals surface area (Å²) in [7, 11) is 2.14. The van der Waals surface area contributed by atoms with Crippen LogP contribution in [0.3, 0.4) is 0 Å². The minimum atomic E-state index is -2.16. The standard InChI is InChI=1S/C32H23BF5S/c1-16-18(3)27(33-22-12-10-21(11-13-22)20-8-6-5-7-9-20)19(4)17(2)25(16)23-14-15-24(39-23)26-28(34)30(36)32(38)31(37)29(26)35/h5-15H,1-4H3. The van der Waals surface area contributed by atoms with Crippen molar-refractivity contribution < 1.29 is 22.0 Å². The van der Waals surface area contributed by atoms with Crippen LogP contribution in [-0.2, 0) is 0 Å². The van der Waals surface area contributed by atoms with Crippen LogP contribution < -0.4 is 10.9 Å². The van der Waals surface area contributed by atoms with E-state index < -0.39 is 34.6 Å².